The van der Waals surface area contributed by atoms with Crippen molar-refractivity contribution in [2.75, 3.05) is 6.54 Å². The van der Waals surface area contributed by atoms with Crippen LogP contribution in [0.4, 0.5) is 8.78 Å². The Morgan fingerprint density at radius 1 is 1.40 bits per heavy atom. The predicted octanol–water partition coefficient (Wildman–Crippen LogP) is 1.77. The molecule has 0 radical (unpaired) electrons. The van der Waals surface area contributed by atoms with Crippen molar-refractivity contribution in [1.82, 2.24) is 9.78 Å². The second-order valence-corrected chi connectivity index (χ2v) is 4.70. The second-order valence-electron chi connectivity index (χ2n) is 4.70. The highest BCUT2D eigenvalue weighted by atomic mass is 19.3. The number of hydrogen-bond acceptors (Lipinski definition) is 2. The Morgan fingerprint density at radius 3 is 2.27 bits per heavy atom. The minimum absolute atomic E-state index is 0.130. The van der Waals surface area contributed by atoms with E-state index in [1.54, 1.807) is 0 Å². The molecule has 0 amide bonds. The minimum Gasteiger partial charge on any atom is -0.325 e. The Morgan fingerprint density at radius 2 is 1.93 bits per heavy atom. The fraction of sp³-hybridized carbons (Fsp3) is 0.700. The van der Waals surface area contributed by atoms with E-state index in [-0.39, 0.29) is 11.1 Å². The van der Waals surface area contributed by atoms with Gasteiger partial charge in [0, 0.05) is 12.5 Å². The van der Waals surface area contributed by atoms with Crippen LogP contribution in [0.5, 0.6) is 0 Å². The number of aryl methyl sites for hydroxylation is 1. The third-order valence-electron chi connectivity index (χ3n) is 2.28. The van der Waals surface area contributed by atoms with Crippen LogP contribution in [-0.4, -0.2) is 16.3 Å². The lowest BCUT2D eigenvalue weighted by Crippen LogP contribution is -2.27. The Kier molecular flexibility index (Phi) is 2.87. The number of halogens is 2. The van der Waals surface area contributed by atoms with Gasteiger partial charge in [0.15, 0.2) is 0 Å². The summed E-state index contributed by atoms with van der Waals surface area (Å²) in [5, 5.41) is 4.08. The van der Waals surface area contributed by atoms with Crippen LogP contribution >= 0.6 is 0 Å². The lowest BCUT2D eigenvalue weighted by molar-refractivity contribution is -0.00239. The molecule has 0 aliphatic carbocycles. The number of nitrogens with two attached hydrogens (primary N) is 1. The molecule has 5 heteroatoms. The van der Waals surface area contributed by atoms with Gasteiger partial charge in [0.05, 0.1) is 12.2 Å². The van der Waals surface area contributed by atoms with E-state index in [0.717, 1.165) is 0 Å². The Bertz CT molecular complexity index is 350. The van der Waals surface area contributed by atoms with Gasteiger partial charge in [0.2, 0.25) is 0 Å². The van der Waals surface area contributed by atoms with Gasteiger partial charge in [-0.1, -0.05) is 20.8 Å². The van der Waals surface area contributed by atoms with Gasteiger partial charge in [-0.25, -0.2) is 0 Å². The molecule has 0 saturated carbocycles. The third-order valence-corrected chi connectivity index (χ3v) is 2.28. The molecule has 1 rings (SSSR count). The van der Waals surface area contributed by atoms with E-state index >= 15 is 0 Å². The first-order chi connectivity index (χ1) is 6.68. The molecule has 1 aromatic rings. The maximum Gasteiger partial charge on any atom is 0.301 e. The fourth-order valence-electron chi connectivity index (χ4n) is 1.28. The lowest BCUT2D eigenvalue weighted by atomic mass is 9.92. The number of hydrogen-bond donors (Lipinski definition) is 1. The normalized spacial score (nSPS) is 13.3. The van der Waals surface area contributed by atoms with E-state index < -0.39 is 12.5 Å². The highest BCUT2D eigenvalue weighted by Gasteiger charge is 2.35. The van der Waals surface area contributed by atoms with Crippen LogP contribution in [-0.2, 0) is 18.4 Å². The van der Waals surface area contributed by atoms with Crippen molar-refractivity contribution in [3.05, 3.63) is 17.5 Å². The largest absolute Gasteiger partial charge is 0.325 e. The highest BCUT2D eigenvalue weighted by Crippen LogP contribution is 2.30. The van der Waals surface area contributed by atoms with Crippen LogP contribution in [0.15, 0.2) is 6.07 Å². The number of nitrogens with zero attached hydrogens (tertiary/aromatic N) is 2. The zero-order valence-electron chi connectivity index (χ0n) is 9.51. The molecule has 3 nitrogen and oxygen atoms in total. The number of rotatable bonds is 2. The molecule has 1 aromatic heterocycles. The molecule has 1 heterocycles. The van der Waals surface area contributed by atoms with E-state index in [4.69, 9.17) is 5.73 Å². The molecule has 0 fully saturated rings. The Balaban J connectivity index is 3.18. The Labute approximate surface area is 88.3 Å². The van der Waals surface area contributed by atoms with Gasteiger partial charge in [-0.2, -0.15) is 13.9 Å². The maximum absolute atomic E-state index is 13.4. The van der Waals surface area contributed by atoms with Crippen molar-refractivity contribution in [1.29, 1.82) is 0 Å². The summed E-state index contributed by atoms with van der Waals surface area (Å²) in [6.45, 7) is 5.09. The summed E-state index contributed by atoms with van der Waals surface area (Å²) in [5.74, 6) is -3.01. The van der Waals surface area contributed by atoms with Gasteiger partial charge >= 0.3 is 5.92 Å². The molecule has 2 N–H and O–H groups in total. The summed E-state index contributed by atoms with van der Waals surface area (Å²) in [4.78, 5) is 0. The highest BCUT2D eigenvalue weighted by molar-refractivity contribution is 5.20. The molecule has 0 aliphatic heterocycles. The first-order valence-corrected chi connectivity index (χ1v) is 4.81. The van der Waals surface area contributed by atoms with E-state index in [2.05, 4.69) is 5.10 Å². The summed E-state index contributed by atoms with van der Waals surface area (Å²) in [5.41, 5.74) is 5.32. The van der Waals surface area contributed by atoms with Crippen molar-refractivity contribution in [2.24, 2.45) is 12.8 Å². The molecule has 0 aromatic carbocycles. The smallest absolute Gasteiger partial charge is 0.301 e. The second kappa shape index (κ2) is 3.56. The third kappa shape index (κ3) is 2.34. The van der Waals surface area contributed by atoms with Gasteiger partial charge < -0.3 is 5.73 Å². The van der Waals surface area contributed by atoms with Crippen LogP contribution < -0.4 is 5.73 Å². The van der Waals surface area contributed by atoms with Crippen molar-refractivity contribution in [2.45, 2.75) is 32.1 Å². The molecule has 0 bridgehead atoms. The Hall–Kier alpha value is -0.970. The summed E-state index contributed by atoms with van der Waals surface area (Å²) in [6, 6.07) is 1.42. The summed E-state index contributed by atoms with van der Waals surface area (Å²) in [7, 11) is 1.51. The molecule has 86 valence electrons. The molecule has 0 unspecified atom stereocenters. The number of aromatic nitrogens is 2. The standard InChI is InChI=1S/C10H17F2N3/c1-9(2,3)7-5-8(15(4)14-7)10(11,12)6-13/h5H,6,13H2,1-4H3. The summed E-state index contributed by atoms with van der Waals surface area (Å²) in [6.07, 6.45) is 0. The molecule has 15 heavy (non-hydrogen) atoms. The molecular formula is C10H17F2N3. The first-order valence-electron chi connectivity index (χ1n) is 4.81. The fourth-order valence-corrected chi connectivity index (χ4v) is 1.28. The molecule has 0 spiro atoms. The van der Waals surface area contributed by atoms with Crippen molar-refractivity contribution in [3.63, 3.8) is 0 Å². The number of alkyl halides is 2. The quantitative estimate of drug-likeness (QED) is 0.820. The van der Waals surface area contributed by atoms with E-state index in [0.29, 0.717) is 5.69 Å². The van der Waals surface area contributed by atoms with E-state index in [1.807, 2.05) is 20.8 Å². The van der Waals surface area contributed by atoms with Crippen LogP contribution in [0, 0.1) is 0 Å². The first kappa shape index (κ1) is 12.1. The molecule has 0 aliphatic rings. The average molecular weight is 217 g/mol. The van der Waals surface area contributed by atoms with Crippen molar-refractivity contribution in [3.8, 4) is 0 Å². The van der Waals surface area contributed by atoms with Crippen molar-refractivity contribution >= 4 is 0 Å². The van der Waals surface area contributed by atoms with Crippen molar-refractivity contribution < 1.29 is 8.78 Å². The van der Waals surface area contributed by atoms with Gasteiger partial charge in [-0.05, 0) is 6.07 Å². The maximum atomic E-state index is 13.4. The average Bonchev–Trinajstić information content (AvgIpc) is 2.47. The predicted molar refractivity (Wildman–Crippen MR) is 54.9 cm³/mol. The SMILES string of the molecule is Cn1nc(C(C)(C)C)cc1C(F)(F)CN. The van der Waals surface area contributed by atoms with Gasteiger partial charge in [0.1, 0.15) is 5.69 Å². The summed E-state index contributed by atoms with van der Waals surface area (Å²) >= 11 is 0. The van der Waals surface area contributed by atoms with Crippen LogP contribution in [0.1, 0.15) is 32.2 Å². The molecular weight excluding hydrogens is 200 g/mol. The van der Waals surface area contributed by atoms with Gasteiger partial charge in [-0.15, -0.1) is 0 Å². The van der Waals surface area contributed by atoms with E-state index in [1.165, 1.54) is 17.8 Å². The van der Waals surface area contributed by atoms with Crippen LogP contribution in [0.25, 0.3) is 0 Å². The summed E-state index contributed by atoms with van der Waals surface area (Å²) < 4.78 is 27.9. The monoisotopic (exact) mass is 217 g/mol. The zero-order chi connectivity index (χ0) is 11.9. The topological polar surface area (TPSA) is 43.8 Å². The van der Waals surface area contributed by atoms with E-state index in [9.17, 15) is 8.78 Å². The molecule has 0 atom stereocenters. The van der Waals surface area contributed by atoms with Gasteiger partial charge in [-0.3, -0.25) is 4.68 Å². The lowest BCUT2D eigenvalue weighted by Gasteiger charge is -2.14. The van der Waals surface area contributed by atoms with Crippen LogP contribution in [0.3, 0.4) is 0 Å². The minimum atomic E-state index is -3.01. The zero-order valence-corrected chi connectivity index (χ0v) is 9.51. The van der Waals surface area contributed by atoms with Crippen LogP contribution in [0.2, 0.25) is 0 Å². The van der Waals surface area contributed by atoms with Gasteiger partial charge in [0.25, 0.3) is 0 Å². The molecule has 0 saturated heterocycles.